The third-order valence-corrected chi connectivity index (χ3v) is 4.12. The van der Waals surface area contributed by atoms with Gasteiger partial charge in [-0.2, -0.15) is 0 Å². The second-order valence-electron chi connectivity index (χ2n) is 5.48. The zero-order valence-electron chi connectivity index (χ0n) is 10.2. The van der Waals surface area contributed by atoms with Crippen molar-refractivity contribution in [2.24, 2.45) is 5.73 Å². The molecule has 0 aromatic heterocycles. The van der Waals surface area contributed by atoms with E-state index in [0.29, 0.717) is 6.04 Å². The summed E-state index contributed by atoms with van der Waals surface area (Å²) in [4.78, 5) is 5.06. The van der Waals surface area contributed by atoms with Crippen molar-refractivity contribution in [2.45, 2.75) is 50.2 Å². The first-order valence-electron chi connectivity index (χ1n) is 6.33. The molecule has 3 heteroatoms. The van der Waals surface area contributed by atoms with Crippen molar-refractivity contribution in [3.8, 4) is 0 Å². The number of nitrogens with two attached hydrogens (primary N) is 1. The molecule has 3 nitrogen and oxygen atoms in total. The molecule has 1 aliphatic heterocycles. The maximum absolute atomic E-state index is 5.99. The van der Waals surface area contributed by atoms with Crippen molar-refractivity contribution in [3.63, 3.8) is 0 Å². The first-order valence-corrected chi connectivity index (χ1v) is 6.33. The zero-order valence-corrected chi connectivity index (χ0v) is 10.2. The normalized spacial score (nSPS) is 38.8. The molecule has 88 valence electrons. The van der Waals surface area contributed by atoms with Crippen molar-refractivity contribution in [1.29, 1.82) is 0 Å². The lowest BCUT2D eigenvalue weighted by Gasteiger charge is -2.39. The van der Waals surface area contributed by atoms with E-state index in [0.717, 1.165) is 12.1 Å². The van der Waals surface area contributed by atoms with Crippen molar-refractivity contribution in [1.82, 2.24) is 9.80 Å². The Morgan fingerprint density at radius 3 is 2.60 bits per heavy atom. The summed E-state index contributed by atoms with van der Waals surface area (Å²) in [6.45, 7) is 2.55. The largest absolute Gasteiger partial charge is 0.328 e. The van der Waals surface area contributed by atoms with E-state index >= 15 is 0 Å². The highest BCUT2D eigenvalue weighted by Gasteiger charge is 2.31. The second-order valence-corrected chi connectivity index (χ2v) is 5.48. The van der Waals surface area contributed by atoms with Crippen LogP contribution in [0.4, 0.5) is 0 Å². The summed E-state index contributed by atoms with van der Waals surface area (Å²) >= 11 is 0. The van der Waals surface area contributed by atoms with Crippen LogP contribution in [0.2, 0.25) is 0 Å². The van der Waals surface area contributed by atoms with Crippen LogP contribution in [-0.4, -0.2) is 55.1 Å². The van der Waals surface area contributed by atoms with Crippen LogP contribution < -0.4 is 5.73 Å². The Labute approximate surface area is 93.6 Å². The number of hydrogen-bond acceptors (Lipinski definition) is 3. The van der Waals surface area contributed by atoms with Crippen LogP contribution in [0.15, 0.2) is 0 Å². The zero-order chi connectivity index (χ0) is 10.8. The van der Waals surface area contributed by atoms with E-state index in [1.54, 1.807) is 0 Å². The van der Waals surface area contributed by atoms with E-state index in [1.165, 1.54) is 45.2 Å². The fourth-order valence-electron chi connectivity index (χ4n) is 3.06. The fourth-order valence-corrected chi connectivity index (χ4v) is 3.06. The number of likely N-dealkylation sites (N-methyl/N-ethyl adjacent to an activating group) is 1. The van der Waals surface area contributed by atoms with E-state index in [1.807, 2.05) is 0 Å². The van der Waals surface area contributed by atoms with Crippen LogP contribution in [0.25, 0.3) is 0 Å². The summed E-state index contributed by atoms with van der Waals surface area (Å²) in [6.07, 6.45) is 6.49. The topological polar surface area (TPSA) is 32.5 Å². The molecule has 2 aliphatic rings. The Morgan fingerprint density at radius 1 is 1.20 bits per heavy atom. The molecule has 1 heterocycles. The summed E-state index contributed by atoms with van der Waals surface area (Å²) in [5.41, 5.74) is 5.99. The van der Waals surface area contributed by atoms with Gasteiger partial charge in [-0.1, -0.05) is 0 Å². The van der Waals surface area contributed by atoms with Crippen LogP contribution in [0, 0.1) is 0 Å². The summed E-state index contributed by atoms with van der Waals surface area (Å²) in [5.74, 6) is 0. The third-order valence-electron chi connectivity index (χ3n) is 4.12. The molecule has 2 N–H and O–H groups in total. The van der Waals surface area contributed by atoms with Crippen molar-refractivity contribution in [3.05, 3.63) is 0 Å². The Balaban J connectivity index is 1.87. The minimum absolute atomic E-state index is 0.467. The van der Waals surface area contributed by atoms with Gasteiger partial charge in [-0.25, -0.2) is 0 Å². The van der Waals surface area contributed by atoms with Crippen LogP contribution in [-0.2, 0) is 0 Å². The van der Waals surface area contributed by atoms with Crippen molar-refractivity contribution in [2.75, 3.05) is 27.2 Å². The molecule has 0 aromatic rings. The minimum atomic E-state index is 0.467. The number of hydrogen-bond donors (Lipinski definition) is 1. The number of rotatable bonds is 2. The van der Waals surface area contributed by atoms with Crippen molar-refractivity contribution < 1.29 is 0 Å². The molecule has 2 rings (SSSR count). The fraction of sp³-hybridized carbons (Fsp3) is 1.00. The van der Waals surface area contributed by atoms with Gasteiger partial charge in [0.15, 0.2) is 0 Å². The van der Waals surface area contributed by atoms with Crippen LogP contribution >= 0.6 is 0 Å². The van der Waals surface area contributed by atoms with Gasteiger partial charge in [0.2, 0.25) is 0 Å². The number of likely N-dealkylation sites (tertiary alicyclic amines) is 1. The molecule has 0 amide bonds. The minimum Gasteiger partial charge on any atom is -0.328 e. The van der Waals surface area contributed by atoms with Gasteiger partial charge in [-0.15, -0.1) is 0 Å². The highest BCUT2D eigenvalue weighted by atomic mass is 15.2. The molecule has 2 fully saturated rings. The first kappa shape index (κ1) is 11.4. The highest BCUT2D eigenvalue weighted by Crippen LogP contribution is 2.26. The average Bonchev–Trinajstić information content (AvgIpc) is 2.65. The molecule has 1 saturated carbocycles. The molecule has 15 heavy (non-hydrogen) atoms. The predicted octanol–water partition coefficient (Wildman–Crippen LogP) is 0.892. The Morgan fingerprint density at radius 2 is 2.00 bits per heavy atom. The Hall–Kier alpha value is -0.120. The maximum Gasteiger partial charge on any atom is 0.0217 e. The van der Waals surface area contributed by atoms with Gasteiger partial charge < -0.3 is 10.6 Å². The smallest absolute Gasteiger partial charge is 0.0217 e. The quantitative estimate of drug-likeness (QED) is 0.736. The van der Waals surface area contributed by atoms with Gasteiger partial charge in [0.25, 0.3) is 0 Å². The lowest BCUT2D eigenvalue weighted by Crippen LogP contribution is -2.48. The predicted molar refractivity (Wildman–Crippen MR) is 63.9 cm³/mol. The summed E-state index contributed by atoms with van der Waals surface area (Å²) < 4.78 is 0. The van der Waals surface area contributed by atoms with Gasteiger partial charge in [0.05, 0.1) is 0 Å². The van der Waals surface area contributed by atoms with Crippen LogP contribution in [0.3, 0.4) is 0 Å². The molecular formula is C12H25N3. The molecule has 0 spiro atoms. The molecule has 0 bridgehead atoms. The SMILES string of the molecule is CN(C)C1CCCN(C2CCC(N)C2)C1. The number of nitrogens with zero attached hydrogens (tertiary/aromatic N) is 2. The van der Waals surface area contributed by atoms with Gasteiger partial charge in [-0.3, -0.25) is 4.90 Å². The lowest BCUT2D eigenvalue weighted by molar-refractivity contribution is 0.0973. The average molecular weight is 211 g/mol. The Kier molecular flexibility index (Phi) is 3.65. The van der Waals surface area contributed by atoms with E-state index in [2.05, 4.69) is 23.9 Å². The van der Waals surface area contributed by atoms with E-state index in [-0.39, 0.29) is 0 Å². The van der Waals surface area contributed by atoms with E-state index in [4.69, 9.17) is 5.73 Å². The molecule has 0 radical (unpaired) electrons. The monoisotopic (exact) mass is 211 g/mol. The van der Waals surface area contributed by atoms with E-state index < -0.39 is 0 Å². The van der Waals surface area contributed by atoms with Gasteiger partial charge in [0.1, 0.15) is 0 Å². The molecular weight excluding hydrogens is 186 g/mol. The van der Waals surface area contributed by atoms with Gasteiger partial charge >= 0.3 is 0 Å². The van der Waals surface area contributed by atoms with Gasteiger partial charge in [0, 0.05) is 24.7 Å². The Bertz CT molecular complexity index is 205. The third kappa shape index (κ3) is 2.71. The second kappa shape index (κ2) is 4.81. The summed E-state index contributed by atoms with van der Waals surface area (Å²) in [5, 5.41) is 0. The first-order chi connectivity index (χ1) is 7.16. The van der Waals surface area contributed by atoms with Crippen molar-refractivity contribution >= 4 is 0 Å². The molecule has 1 aliphatic carbocycles. The van der Waals surface area contributed by atoms with Gasteiger partial charge in [-0.05, 0) is 52.7 Å². The highest BCUT2D eigenvalue weighted by molar-refractivity contribution is 4.89. The molecule has 3 unspecified atom stereocenters. The lowest BCUT2D eigenvalue weighted by atomic mass is 10.0. The standard InChI is InChI=1S/C12H25N3/c1-14(2)12-4-3-7-15(9-12)11-6-5-10(13)8-11/h10-12H,3-9,13H2,1-2H3. The summed E-state index contributed by atoms with van der Waals surface area (Å²) in [6, 6.07) is 2.01. The van der Waals surface area contributed by atoms with E-state index in [9.17, 15) is 0 Å². The molecule has 1 saturated heterocycles. The summed E-state index contributed by atoms with van der Waals surface area (Å²) in [7, 11) is 4.41. The maximum atomic E-state index is 5.99. The van der Waals surface area contributed by atoms with Crippen LogP contribution in [0.5, 0.6) is 0 Å². The number of piperidine rings is 1. The molecule has 3 atom stereocenters. The molecule has 0 aromatic carbocycles. The van der Waals surface area contributed by atoms with Crippen LogP contribution in [0.1, 0.15) is 32.1 Å².